The SMILES string of the molecule is Cc1ccc(N2C(=O)N(Cc3cccc4ccccc34)C(=O)[C@@H]2C)cc1. The van der Waals surface area contributed by atoms with Gasteiger partial charge in [0.2, 0.25) is 0 Å². The molecule has 0 spiro atoms. The Bertz CT molecular complexity index is 989. The Hall–Kier alpha value is -3.14. The molecule has 1 atom stereocenters. The average Bonchev–Trinajstić information content (AvgIpc) is 2.86. The molecule has 0 aromatic heterocycles. The lowest BCUT2D eigenvalue weighted by Crippen LogP contribution is -2.33. The topological polar surface area (TPSA) is 40.6 Å². The summed E-state index contributed by atoms with van der Waals surface area (Å²) in [5, 5.41) is 2.17. The Balaban J connectivity index is 1.68. The summed E-state index contributed by atoms with van der Waals surface area (Å²) in [6, 6.07) is 20.9. The Labute approximate surface area is 152 Å². The van der Waals surface area contributed by atoms with E-state index < -0.39 is 6.04 Å². The lowest BCUT2D eigenvalue weighted by molar-refractivity contribution is -0.127. The quantitative estimate of drug-likeness (QED) is 0.656. The smallest absolute Gasteiger partial charge is 0.282 e. The van der Waals surface area contributed by atoms with Crippen LogP contribution in [0.15, 0.2) is 66.7 Å². The van der Waals surface area contributed by atoms with Crippen molar-refractivity contribution in [2.75, 3.05) is 4.90 Å². The number of hydrogen-bond acceptors (Lipinski definition) is 2. The number of hydrogen-bond donors (Lipinski definition) is 0. The number of carbonyl (C=O) groups excluding carboxylic acids is 2. The normalized spacial score (nSPS) is 17.4. The molecule has 4 nitrogen and oxygen atoms in total. The van der Waals surface area contributed by atoms with Gasteiger partial charge in [0.25, 0.3) is 5.91 Å². The fourth-order valence-electron chi connectivity index (χ4n) is 3.51. The molecule has 130 valence electrons. The van der Waals surface area contributed by atoms with Crippen LogP contribution in [0, 0.1) is 6.92 Å². The third-order valence-corrected chi connectivity index (χ3v) is 4.97. The van der Waals surface area contributed by atoms with E-state index in [1.54, 1.807) is 11.8 Å². The fraction of sp³-hybridized carbons (Fsp3) is 0.182. The Morgan fingerprint density at radius 2 is 1.58 bits per heavy atom. The van der Waals surface area contributed by atoms with Crippen molar-refractivity contribution in [1.29, 1.82) is 0 Å². The lowest BCUT2D eigenvalue weighted by atomic mass is 10.0. The summed E-state index contributed by atoms with van der Waals surface area (Å²) in [6.07, 6.45) is 0. The van der Waals surface area contributed by atoms with Crippen LogP contribution in [0.1, 0.15) is 18.1 Å². The highest BCUT2D eigenvalue weighted by molar-refractivity contribution is 6.14. The third kappa shape index (κ3) is 2.64. The van der Waals surface area contributed by atoms with Gasteiger partial charge in [-0.05, 0) is 42.3 Å². The van der Waals surface area contributed by atoms with Crippen molar-refractivity contribution in [1.82, 2.24) is 4.90 Å². The molecule has 0 N–H and O–H groups in total. The number of fused-ring (bicyclic) bond motifs is 1. The van der Waals surface area contributed by atoms with Gasteiger partial charge in [0.05, 0.1) is 6.54 Å². The highest BCUT2D eigenvalue weighted by atomic mass is 16.2. The predicted molar refractivity (Wildman–Crippen MR) is 103 cm³/mol. The molecule has 3 amide bonds. The zero-order valence-corrected chi connectivity index (χ0v) is 14.8. The highest BCUT2D eigenvalue weighted by Gasteiger charge is 2.43. The molecule has 3 aromatic carbocycles. The minimum absolute atomic E-state index is 0.163. The standard InChI is InChI=1S/C22H20N2O2/c1-15-10-12-19(13-11-15)24-16(2)21(25)23(22(24)26)14-18-8-5-7-17-6-3-4-9-20(17)18/h3-13,16H,14H2,1-2H3/t16-/m0/s1. The van der Waals surface area contributed by atoms with E-state index in [0.29, 0.717) is 0 Å². The van der Waals surface area contributed by atoms with Gasteiger partial charge in [-0.15, -0.1) is 0 Å². The maximum Gasteiger partial charge on any atom is 0.332 e. The number of imide groups is 1. The molecule has 0 aliphatic carbocycles. The van der Waals surface area contributed by atoms with Crippen LogP contribution in [-0.4, -0.2) is 22.9 Å². The number of aryl methyl sites for hydroxylation is 1. The van der Waals surface area contributed by atoms with E-state index >= 15 is 0 Å². The molecule has 1 heterocycles. The molecule has 4 rings (SSSR count). The van der Waals surface area contributed by atoms with E-state index in [-0.39, 0.29) is 18.5 Å². The monoisotopic (exact) mass is 344 g/mol. The van der Waals surface area contributed by atoms with E-state index in [2.05, 4.69) is 0 Å². The molecule has 1 saturated heterocycles. The lowest BCUT2D eigenvalue weighted by Gasteiger charge is -2.20. The van der Waals surface area contributed by atoms with Gasteiger partial charge in [0.1, 0.15) is 6.04 Å². The van der Waals surface area contributed by atoms with Crippen molar-refractivity contribution >= 4 is 28.4 Å². The second-order valence-electron chi connectivity index (χ2n) is 6.73. The minimum Gasteiger partial charge on any atom is -0.282 e. The van der Waals surface area contributed by atoms with Crippen LogP contribution in [0.25, 0.3) is 10.8 Å². The summed E-state index contributed by atoms with van der Waals surface area (Å²) in [4.78, 5) is 28.7. The molecule has 0 bridgehead atoms. The van der Waals surface area contributed by atoms with Gasteiger partial charge in [0.15, 0.2) is 0 Å². The molecular formula is C22H20N2O2. The van der Waals surface area contributed by atoms with Crippen molar-refractivity contribution in [2.24, 2.45) is 0 Å². The molecule has 1 aliphatic rings. The molecule has 0 radical (unpaired) electrons. The summed E-state index contributed by atoms with van der Waals surface area (Å²) in [7, 11) is 0. The molecule has 0 unspecified atom stereocenters. The van der Waals surface area contributed by atoms with E-state index in [4.69, 9.17) is 0 Å². The summed E-state index contributed by atoms with van der Waals surface area (Å²) in [5.41, 5.74) is 2.84. The number of anilines is 1. The molecule has 4 heteroatoms. The second kappa shape index (κ2) is 6.30. The summed E-state index contributed by atoms with van der Waals surface area (Å²) in [6.45, 7) is 4.06. The summed E-state index contributed by atoms with van der Waals surface area (Å²) < 4.78 is 0. The number of nitrogens with zero attached hydrogens (tertiary/aromatic N) is 2. The summed E-state index contributed by atoms with van der Waals surface area (Å²) in [5.74, 6) is -0.163. The van der Waals surface area contributed by atoms with Crippen molar-refractivity contribution in [3.8, 4) is 0 Å². The van der Waals surface area contributed by atoms with Gasteiger partial charge in [-0.2, -0.15) is 0 Å². The van der Waals surface area contributed by atoms with Crippen molar-refractivity contribution < 1.29 is 9.59 Å². The van der Waals surface area contributed by atoms with Crippen LogP contribution in [0.4, 0.5) is 10.5 Å². The molecular weight excluding hydrogens is 324 g/mol. The average molecular weight is 344 g/mol. The number of rotatable bonds is 3. The van der Waals surface area contributed by atoms with Gasteiger partial charge in [-0.1, -0.05) is 60.2 Å². The largest absolute Gasteiger partial charge is 0.332 e. The van der Waals surface area contributed by atoms with Crippen LogP contribution in [0.2, 0.25) is 0 Å². The fourth-order valence-corrected chi connectivity index (χ4v) is 3.51. The second-order valence-corrected chi connectivity index (χ2v) is 6.73. The first-order valence-electron chi connectivity index (χ1n) is 8.74. The van der Waals surface area contributed by atoms with Crippen LogP contribution in [0.5, 0.6) is 0 Å². The van der Waals surface area contributed by atoms with Crippen molar-refractivity contribution in [3.63, 3.8) is 0 Å². The van der Waals surface area contributed by atoms with Crippen LogP contribution in [0.3, 0.4) is 0 Å². The van der Waals surface area contributed by atoms with Gasteiger partial charge >= 0.3 is 6.03 Å². The molecule has 0 saturated carbocycles. The number of carbonyl (C=O) groups is 2. The number of urea groups is 1. The third-order valence-electron chi connectivity index (χ3n) is 4.97. The first-order valence-corrected chi connectivity index (χ1v) is 8.74. The first kappa shape index (κ1) is 16.3. The Morgan fingerprint density at radius 1 is 0.885 bits per heavy atom. The van der Waals surface area contributed by atoms with Crippen LogP contribution in [-0.2, 0) is 11.3 Å². The van der Waals surface area contributed by atoms with E-state index in [1.807, 2.05) is 73.7 Å². The zero-order chi connectivity index (χ0) is 18.3. The van der Waals surface area contributed by atoms with Gasteiger partial charge in [0, 0.05) is 5.69 Å². The number of amides is 3. The Kier molecular flexibility index (Phi) is 3.96. The predicted octanol–water partition coefficient (Wildman–Crippen LogP) is 4.51. The molecule has 3 aromatic rings. The van der Waals surface area contributed by atoms with E-state index in [9.17, 15) is 9.59 Å². The minimum atomic E-state index is -0.500. The summed E-state index contributed by atoms with van der Waals surface area (Å²) >= 11 is 0. The van der Waals surface area contributed by atoms with Crippen LogP contribution >= 0.6 is 0 Å². The van der Waals surface area contributed by atoms with Gasteiger partial charge < -0.3 is 0 Å². The number of benzene rings is 3. The van der Waals surface area contributed by atoms with Crippen molar-refractivity contribution in [3.05, 3.63) is 77.9 Å². The maximum atomic E-state index is 13.0. The van der Waals surface area contributed by atoms with Crippen LogP contribution < -0.4 is 4.90 Å². The molecule has 1 fully saturated rings. The Morgan fingerprint density at radius 3 is 2.35 bits per heavy atom. The molecule has 1 aliphatic heterocycles. The van der Waals surface area contributed by atoms with E-state index in [1.165, 1.54) is 4.90 Å². The van der Waals surface area contributed by atoms with Gasteiger partial charge in [-0.3, -0.25) is 14.6 Å². The maximum absolute atomic E-state index is 13.0. The molecule has 26 heavy (non-hydrogen) atoms. The highest BCUT2D eigenvalue weighted by Crippen LogP contribution is 2.28. The van der Waals surface area contributed by atoms with E-state index in [0.717, 1.165) is 27.6 Å². The van der Waals surface area contributed by atoms with Gasteiger partial charge in [-0.25, -0.2) is 4.79 Å². The first-order chi connectivity index (χ1) is 12.6. The van der Waals surface area contributed by atoms with Crippen molar-refractivity contribution in [2.45, 2.75) is 26.4 Å². The zero-order valence-electron chi connectivity index (χ0n) is 14.8.